The van der Waals surface area contributed by atoms with Crippen molar-refractivity contribution in [2.24, 2.45) is 5.41 Å². The van der Waals surface area contributed by atoms with Gasteiger partial charge in [-0.25, -0.2) is 0 Å². The number of likely N-dealkylation sites (tertiary alicyclic amines) is 1. The fourth-order valence-electron chi connectivity index (χ4n) is 3.19. The van der Waals surface area contributed by atoms with Crippen molar-refractivity contribution in [2.75, 3.05) is 33.8 Å². The molecule has 0 amide bonds. The molecule has 2 rings (SSSR count). The number of rotatable bonds is 6. The van der Waals surface area contributed by atoms with Crippen LogP contribution in [-0.4, -0.2) is 38.7 Å². The van der Waals surface area contributed by atoms with E-state index in [1.165, 1.54) is 37.9 Å². The number of likely N-dealkylation sites (N-methyl/N-ethyl adjacent to an activating group) is 1. The maximum atomic E-state index is 5.51. The van der Waals surface area contributed by atoms with Gasteiger partial charge in [-0.15, -0.1) is 0 Å². The summed E-state index contributed by atoms with van der Waals surface area (Å²) >= 11 is 0. The van der Waals surface area contributed by atoms with Crippen LogP contribution in [0.5, 0.6) is 5.75 Å². The molecule has 0 aromatic heterocycles. The van der Waals surface area contributed by atoms with E-state index in [0.29, 0.717) is 11.5 Å². The SMILES string of the molecule is CCC1(C)CCN(CC(NC)c2ccccc2OC)CC1. The molecule has 118 valence electrons. The molecule has 0 spiro atoms. The summed E-state index contributed by atoms with van der Waals surface area (Å²) in [6, 6.07) is 8.66. The zero-order valence-corrected chi connectivity index (χ0v) is 14.0. The number of ether oxygens (including phenoxy) is 1. The van der Waals surface area contributed by atoms with Gasteiger partial charge < -0.3 is 15.0 Å². The molecule has 1 saturated heterocycles. The van der Waals surface area contributed by atoms with Crippen LogP contribution in [0, 0.1) is 5.41 Å². The van der Waals surface area contributed by atoms with Crippen LogP contribution in [0.15, 0.2) is 24.3 Å². The molecule has 1 heterocycles. The molecule has 1 atom stereocenters. The number of para-hydroxylation sites is 1. The Balaban J connectivity index is 2.00. The van der Waals surface area contributed by atoms with Crippen molar-refractivity contribution in [3.8, 4) is 5.75 Å². The Labute approximate surface area is 129 Å². The second-order valence-corrected chi connectivity index (χ2v) is 6.55. The highest BCUT2D eigenvalue weighted by molar-refractivity contribution is 5.36. The second kappa shape index (κ2) is 7.28. The number of hydrogen-bond acceptors (Lipinski definition) is 3. The summed E-state index contributed by atoms with van der Waals surface area (Å²) < 4.78 is 5.51. The van der Waals surface area contributed by atoms with Crippen LogP contribution in [0.2, 0.25) is 0 Å². The van der Waals surface area contributed by atoms with Crippen LogP contribution in [0.25, 0.3) is 0 Å². The lowest BCUT2D eigenvalue weighted by molar-refractivity contribution is 0.107. The standard InChI is InChI=1S/C18H30N2O/c1-5-18(2)10-12-20(13-11-18)14-16(19-3)15-8-6-7-9-17(15)21-4/h6-9,16,19H,5,10-14H2,1-4H3. The zero-order chi connectivity index (χ0) is 15.3. The van der Waals surface area contributed by atoms with Crippen molar-refractivity contribution >= 4 is 0 Å². The van der Waals surface area contributed by atoms with E-state index in [0.717, 1.165) is 12.3 Å². The lowest BCUT2D eigenvalue weighted by atomic mass is 9.78. The highest BCUT2D eigenvalue weighted by atomic mass is 16.5. The predicted molar refractivity (Wildman–Crippen MR) is 88.9 cm³/mol. The summed E-state index contributed by atoms with van der Waals surface area (Å²) in [6.07, 6.45) is 3.92. The Morgan fingerprint density at radius 3 is 2.52 bits per heavy atom. The van der Waals surface area contributed by atoms with Gasteiger partial charge >= 0.3 is 0 Å². The smallest absolute Gasteiger partial charge is 0.123 e. The molecule has 1 aromatic rings. The fraction of sp³-hybridized carbons (Fsp3) is 0.667. The van der Waals surface area contributed by atoms with Crippen LogP contribution >= 0.6 is 0 Å². The first kappa shape index (κ1) is 16.3. The minimum atomic E-state index is 0.326. The topological polar surface area (TPSA) is 24.5 Å². The van der Waals surface area contributed by atoms with Crippen LogP contribution < -0.4 is 10.1 Å². The molecular weight excluding hydrogens is 260 g/mol. The quantitative estimate of drug-likeness (QED) is 0.868. The van der Waals surface area contributed by atoms with Crippen molar-refractivity contribution in [1.82, 2.24) is 10.2 Å². The summed E-state index contributed by atoms with van der Waals surface area (Å²) in [7, 11) is 3.79. The Morgan fingerprint density at radius 1 is 1.29 bits per heavy atom. The minimum absolute atomic E-state index is 0.326. The van der Waals surface area contributed by atoms with Crippen LogP contribution in [0.1, 0.15) is 44.7 Å². The van der Waals surface area contributed by atoms with E-state index >= 15 is 0 Å². The average molecular weight is 290 g/mol. The van der Waals surface area contributed by atoms with E-state index in [1.54, 1.807) is 7.11 Å². The first-order valence-electron chi connectivity index (χ1n) is 8.14. The summed E-state index contributed by atoms with van der Waals surface area (Å²) in [4.78, 5) is 2.59. The summed E-state index contributed by atoms with van der Waals surface area (Å²) in [6.45, 7) is 8.22. The summed E-state index contributed by atoms with van der Waals surface area (Å²) in [5.74, 6) is 0.979. The molecule has 3 nitrogen and oxygen atoms in total. The van der Waals surface area contributed by atoms with E-state index in [2.05, 4.69) is 36.2 Å². The Kier molecular flexibility index (Phi) is 5.65. The molecule has 21 heavy (non-hydrogen) atoms. The second-order valence-electron chi connectivity index (χ2n) is 6.55. The van der Waals surface area contributed by atoms with Gasteiger partial charge in [0, 0.05) is 18.2 Å². The van der Waals surface area contributed by atoms with Gasteiger partial charge in [-0.1, -0.05) is 38.5 Å². The van der Waals surface area contributed by atoms with Crippen molar-refractivity contribution < 1.29 is 4.74 Å². The van der Waals surface area contributed by atoms with Crippen molar-refractivity contribution in [2.45, 2.75) is 39.2 Å². The molecule has 0 bridgehead atoms. The first-order valence-corrected chi connectivity index (χ1v) is 8.14. The third-order valence-corrected chi connectivity index (χ3v) is 5.22. The lowest BCUT2D eigenvalue weighted by Gasteiger charge is -2.40. The van der Waals surface area contributed by atoms with Crippen molar-refractivity contribution in [3.63, 3.8) is 0 Å². The Morgan fingerprint density at radius 2 is 1.95 bits per heavy atom. The monoisotopic (exact) mass is 290 g/mol. The van der Waals surface area contributed by atoms with Gasteiger partial charge in [0.15, 0.2) is 0 Å². The highest BCUT2D eigenvalue weighted by Crippen LogP contribution is 2.35. The van der Waals surface area contributed by atoms with E-state index in [4.69, 9.17) is 4.74 Å². The number of nitrogens with one attached hydrogen (secondary N) is 1. The molecule has 0 saturated carbocycles. The Hall–Kier alpha value is -1.06. The summed E-state index contributed by atoms with van der Waals surface area (Å²) in [5.41, 5.74) is 1.81. The normalized spacial score (nSPS) is 20.2. The molecule has 1 unspecified atom stereocenters. The molecule has 0 aliphatic carbocycles. The molecule has 3 heteroatoms. The molecule has 1 N–H and O–H groups in total. The van der Waals surface area contributed by atoms with Gasteiger partial charge in [0.05, 0.1) is 7.11 Å². The van der Waals surface area contributed by atoms with Gasteiger partial charge in [-0.3, -0.25) is 0 Å². The number of benzene rings is 1. The average Bonchev–Trinajstić information content (AvgIpc) is 2.54. The number of nitrogens with zero attached hydrogens (tertiary/aromatic N) is 1. The maximum absolute atomic E-state index is 5.51. The van der Waals surface area contributed by atoms with Gasteiger partial charge in [-0.05, 0) is 44.5 Å². The minimum Gasteiger partial charge on any atom is -0.496 e. The highest BCUT2D eigenvalue weighted by Gasteiger charge is 2.29. The van der Waals surface area contributed by atoms with Gasteiger partial charge in [-0.2, -0.15) is 0 Å². The molecule has 1 aromatic carbocycles. The molecule has 0 radical (unpaired) electrons. The van der Waals surface area contributed by atoms with E-state index in [-0.39, 0.29) is 0 Å². The number of hydrogen-bond donors (Lipinski definition) is 1. The third kappa shape index (κ3) is 3.98. The van der Waals surface area contributed by atoms with Crippen LogP contribution in [-0.2, 0) is 0 Å². The zero-order valence-electron chi connectivity index (χ0n) is 14.0. The fourth-order valence-corrected chi connectivity index (χ4v) is 3.19. The maximum Gasteiger partial charge on any atom is 0.123 e. The first-order chi connectivity index (χ1) is 10.1. The van der Waals surface area contributed by atoms with Crippen molar-refractivity contribution in [1.29, 1.82) is 0 Å². The van der Waals surface area contributed by atoms with Gasteiger partial charge in [0.25, 0.3) is 0 Å². The molecule has 1 aliphatic rings. The van der Waals surface area contributed by atoms with Gasteiger partial charge in [0.2, 0.25) is 0 Å². The van der Waals surface area contributed by atoms with E-state index in [9.17, 15) is 0 Å². The van der Waals surface area contributed by atoms with E-state index in [1.807, 2.05) is 19.2 Å². The largest absolute Gasteiger partial charge is 0.496 e. The van der Waals surface area contributed by atoms with Gasteiger partial charge in [0.1, 0.15) is 5.75 Å². The molecule has 1 aliphatic heterocycles. The predicted octanol–water partition coefficient (Wildman–Crippen LogP) is 3.47. The Bertz CT molecular complexity index is 439. The molecule has 1 fully saturated rings. The summed E-state index contributed by atoms with van der Waals surface area (Å²) in [5, 5.41) is 3.45. The molecular formula is C18H30N2O. The third-order valence-electron chi connectivity index (χ3n) is 5.22. The van der Waals surface area contributed by atoms with E-state index < -0.39 is 0 Å². The van der Waals surface area contributed by atoms with Crippen LogP contribution in [0.4, 0.5) is 0 Å². The number of methoxy groups -OCH3 is 1. The number of piperidine rings is 1. The van der Waals surface area contributed by atoms with Crippen molar-refractivity contribution in [3.05, 3.63) is 29.8 Å². The lowest BCUT2D eigenvalue weighted by Crippen LogP contribution is -2.42. The van der Waals surface area contributed by atoms with Crippen LogP contribution in [0.3, 0.4) is 0 Å².